The van der Waals surface area contributed by atoms with E-state index in [1.54, 1.807) is 25.1 Å². The topological polar surface area (TPSA) is 79.8 Å². The van der Waals surface area contributed by atoms with Crippen LogP contribution in [-0.2, 0) is 16.2 Å². The van der Waals surface area contributed by atoms with Crippen LogP contribution in [0.1, 0.15) is 23.6 Å². The summed E-state index contributed by atoms with van der Waals surface area (Å²) in [6.45, 7) is 4.53. The summed E-state index contributed by atoms with van der Waals surface area (Å²) >= 11 is 6.22. The molecule has 7 heteroatoms. The van der Waals surface area contributed by atoms with E-state index in [0.29, 0.717) is 29.5 Å². The molecule has 0 radical (unpaired) electrons. The number of amides is 2. The van der Waals surface area contributed by atoms with E-state index in [4.69, 9.17) is 16.3 Å². The van der Waals surface area contributed by atoms with Crippen molar-refractivity contribution >= 4 is 29.6 Å². The highest BCUT2D eigenvalue weighted by molar-refractivity contribution is 6.35. The Morgan fingerprint density at radius 3 is 2.54 bits per heavy atom. The fourth-order valence-corrected chi connectivity index (χ4v) is 2.26. The number of nitrogens with zero attached hydrogens (tertiary/aromatic N) is 1. The molecule has 0 unspecified atom stereocenters. The first-order valence-corrected chi connectivity index (χ1v) is 8.46. The highest BCUT2D eigenvalue weighted by atomic mass is 35.5. The van der Waals surface area contributed by atoms with Crippen LogP contribution < -0.4 is 15.5 Å². The van der Waals surface area contributed by atoms with Crippen molar-refractivity contribution in [3.8, 4) is 5.75 Å². The number of likely N-dealkylation sites (N-methyl/N-ethyl adjacent to an activating group) is 1. The van der Waals surface area contributed by atoms with Crippen molar-refractivity contribution in [2.75, 3.05) is 6.54 Å². The predicted octanol–water partition coefficient (Wildman–Crippen LogP) is 2.81. The van der Waals surface area contributed by atoms with E-state index in [1.165, 1.54) is 11.8 Å². The molecule has 0 aliphatic rings. The maximum absolute atomic E-state index is 11.4. The van der Waals surface area contributed by atoms with Crippen LogP contribution in [0.25, 0.3) is 0 Å². The number of benzene rings is 2. The largest absolute Gasteiger partial charge is 0.487 e. The second-order valence-corrected chi connectivity index (χ2v) is 5.93. The van der Waals surface area contributed by atoms with Gasteiger partial charge >= 0.3 is 11.8 Å². The second-order valence-electron chi connectivity index (χ2n) is 5.52. The van der Waals surface area contributed by atoms with Gasteiger partial charge in [0.25, 0.3) is 0 Å². The maximum atomic E-state index is 11.4. The highest BCUT2D eigenvalue weighted by Crippen LogP contribution is 2.25. The summed E-state index contributed by atoms with van der Waals surface area (Å²) in [5.74, 6) is -1.01. The van der Waals surface area contributed by atoms with Gasteiger partial charge in [-0.25, -0.2) is 5.43 Å². The van der Waals surface area contributed by atoms with Crippen LogP contribution in [0.2, 0.25) is 5.02 Å². The van der Waals surface area contributed by atoms with Crippen molar-refractivity contribution < 1.29 is 14.3 Å². The van der Waals surface area contributed by atoms with Gasteiger partial charge in [0.2, 0.25) is 0 Å². The molecule has 2 aromatic carbocycles. The van der Waals surface area contributed by atoms with E-state index in [1.807, 2.05) is 31.2 Å². The number of carbonyl (C=O) groups excluding carboxylic acids is 2. The third-order valence-corrected chi connectivity index (χ3v) is 3.69. The lowest BCUT2D eigenvalue weighted by atomic mass is 10.2. The Labute approximate surface area is 157 Å². The molecule has 26 heavy (non-hydrogen) atoms. The SMILES string of the molecule is CCNC(=O)C(=O)N/N=C\c1ccc(OCc2ccc(C)cc2)c(Cl)c1. The van der Waals surface area contributed by atoms with Gasteiger partial charge in [-0.2, -0.15) is 5.10 Å². The molecule has 6 nitrogen and oxygen atoms in total. The summed E-state index contributed by atoms with van der Waals surface area (Å²) in [6.07, 6.45) is 1.40. The molecule has 2 amide bonds. The molecule has 0 heterocycles. The summed E-state index contributed by atoms with van der Waals surface area (Å²) in [7, 11) is 0. The van der Waals surface area contributed by atoms with Crippen LogP contribution >= 0.6 is 11.6 Å². The Kier molecular flexibility index (Phi) is 7.17. The number of ether oxygens (including phenoxy) is 1. The van der Waals surface area contributed by atoms with Gasteiger partial charge in [-0.3, -0.25) is 9.59 Å². The summed E-state index contributed by atoms with van der Waals surface area (Å²) in [5.41, 5.74) is 5.04. The van der Waals surface area contributed by atoms with Crippen LogP contribution in [0, 0.1) is 6.92 Å². The van der Waals surface area contributed by atoms with Gasteiger partial charge in [0.05, 0.1) is 11.2 Å². The molecular formula is C19H20ClN3O3. The van der Waals surface area contributed by atoms with Gasteiger partial charge < -0.3 is 10.1 Å². The minimum absolute atomic E-state index is 0.371. The average molecular weight is 374 g/mol. The van der Waals surface area contributed by atoms with Crippen molar-refractivity contribution in [1.82, 2.24) is 10.7 Å². The van der Waals surface area contributed by atoms with Crippen LogP contribution in [0.15, 0.2) is 47.6 Å². The molecule has 0 bridgehead atoms. The molecule has 0 aromatic heterocycles. The van der Waals surface area contributed by atoms with Gasteiger partial charge in [0, 0.05) is 6.54 Å². The fraction of sp³-hybridized carbons (Fsp3) is 0.211. The maximum Gasteiger partial charge on any atom is 0.329 e. The Bertz CT molecular complexity index is 804. The normalized spacial score (nSPS) is 10.6. The monoisotopic (exact) mass is 373 g/mol. The summed E-state index contributed by atoms with van der Waals surface area (Å²) < 4.78 is 5.72. The third-order valence-electron chi connectivity index (χ3n) is 3.39. The first kappa shape index (κ1) is 19.5. The minimum atomic E-state index is -0.827. The Balaban J connectivity index is 1.91. The quantitative estimate of drug-likeness (QED) is 0.464. The number of hydrogen-bond donors (Lipinski definition) is 2. The molecular weight excluding hydrogens is 354 g/mol. The van der Waals surface area contributed by atoms with Crippen molar-refractivity contribution in [2.24, 2.45) is 5.10 Å². The molecule has 136 valence electrons. The minimum Gasteiger partial charge on any atom is -0.487 e. The molecule has 0 atom stereocenters. The lowest BCUT2D eigenvalue weighted by molar-refractivity contribution is -0.139. The number of halogens is 1. The lowest BCUT2D eigenvalue weighted by Gasteiger charge is -2.09. The van der Waals surface area contributed by atoms with Gasteiger partial charge in [0.15, 0.2) is 0 Å². The van der Waals surface area contributed by atoms with E-state index < -0.39 is 11.8 Å². The smallest absolute Gasteiger partial charge is 0.329 e. The van der Waals surface area contributed by atoms with Gasteiger partial charge in [-0.15, -0.1) is 0 Å². The molecule has 2 rings (SSSR count). The van der Waals surface area contributed by atoms with E-state index >= 15 is 0 Å². The zero-order valence-electron chi connectivity index (χ0n) is 14.6. The van der Waals surface area contributed by atoms with E-state index in [-0.39, 0.29) is 0 Å². The van der Waals surface area contributed by atoms with E-state index in [0.717, 1.165) is 5.56 Å². The van der Waals surface area contributed by atoms with E-state index in [9.17, 15) is 9.59 Å². The molecule has 0 aliphatic heterocycles. The number of hydrazone groups is 1. The molecule has 0 saturated heterocycles. The van der Waals surface area contributed by atoms with E-state index in [2.05, 4.69) is 15.8 Å². The van der Waals surface area contributed by atoms with Crippen LogP contribution in [0.4, 0.5) is 0 Å². The Morgan fingerprint density at radius 2 is 1.88 bits per heavy atom. The number of aryl methyl sites for hydroxylation is 1. The van der Waals surface area contributed by atoms with Crippen molar-refractivity contribution in [3.05, 3.63) is 64.2 Å². The molecule has 2 aromatic rings. The number of hydrogen-bond acceptors (Lipinski definition) is 4. The average Bonchev–Trinajstić information content (AvgIpc) is 2.62. The van der Waals surface area contributed by atoms with Crippen molar-refractivity contribution in [1.29, 1.82) is 0 Å². The standard InChI is InChI=1S/C19H20ClN3O3/c1-3-21-18(24)19(25)23-22-11-15-8-9-17(16(20)10-15)26-12-14-6-4-13(2)5-7-14/h4-11H,3,12H2,1-2H3,(H,21,24)(H,23,25)/b22-11-. The summed E-state index contributed by atoms with van der Waals surface area (Å²) in [5, 5.41) is 6.54. The van der Waals surface area contributed by atoms with Crippen molar-refractivity contribution in [2.45, 2.75) is 20.5 Å². The van der Waals surface area contributed by atoms with Crippen LogP contribution in [0.5, 0.6) is 5.75 Å². The third kappa shape index (κ3) is 5.89. The summed E-state index contributed by atoms with van der Waals surface area (Å²) in [6, 6.07) is 13.2. The van der Waals surface area contributed by atoms with Crippen LogP contribution in [-0.4, -0.2) is 24.6 Å². The van der Waals surface area contributed by atoms with Gasteiger partial charge in [-0.1, -0.05) is 41.4 Å². The Hall–Kier alpha value is -2.86. The first-order chi connectivity index (χ1) is 12.5. The first-order valence-electron chi connectivity index (χ1n) is 8.08. The summed E-state index contributed by atoms with van der Waals surface area (Å²) in [4.78, 5) is 22.7. The van der Waals surface area contributed by atoms with Gasteiger partial charge in [-0.05, 0) is 43.2 Å². The lowest BCUT2D eigenvalue weighted by Crippen LogP contribution is -2.37. The molecule has 0 fully saturated rings. The fourth-order valence-electron chi connectivity index (χ4n) is 2.02. The molecule has 0 saturated carbocycles. The number of carbonyl (C=O) groups is 2. The zero-order chi connectivity index (χ0) is 18.9. The number of rotatable bonds is 6. The highest BCUT2D eigenvalue weighted by Gasteiger charge is 2.10. The number of nitrogens with one attached hydrogen (secondary N) is 2. The zero-order valence-corrected chi connectivity index (χ0v) is 15.3. The second kappa shape index (κ2) is 9.58. The molecule has 0 spiro atoms. The van der Waals surface area contributed by atoms with Gasteiger partial charge in [0.1, 0.15) is 12.4 Å². The van der Waals surface area contributed by atoms with Crippen LogP contribution in [0.3, 0.4) is 0 Å². The van der Waals surface area contributed by atoms with Crippen molar-refractivity contribution in [3.63, 3.8) is 0 Å². The molecule has 0 aliphatic carbocycles. The Morgan fingerprint density at radius 1 is 1.15 bits per heavy atom. The predicted molar refractivity (Wildman–Crippen MR) is 101 cm³/mol. The molecule has 2 N–H and O–H groups in total.